The number of halogens is 1. The van der Waals surface area contributed by atoms with Crippen LogP contribution in [0.4, 0.5) is 5.69 Å². The van der Waals surface area contributed by atoms with Crippen molar-refractivity contribution in [3.63, 3.8) is 0 Å². The zero-order chi connectivity index (χ0) is 17.3. The van der Waals surface area contributed by atoms with Crippen LogP contribution in [0.2, 0.25) is 0 Å². The quantitative estimate of drug-likeness (QED) is 0.819. The molecule has 1 atom stereocenters. The Morgan fingerprint density at radius 1 is 1.12 bits per heavy atom. The first-order chi connectivity index (χ1) is 11.5. The lowest BCUT2D eigenvalue weighted by Gasteiger charge is -2.20. The summed E-state index contributed by atoms with van der Waals surface area (Å²) in [6.07, 6.45) is 0.0738. The van der Waals surface area contributed by atoms with Gasteiger partial charge in [-0.25, -0.2) is 0 Å². The second-order valence-corrected chi connectivity index (χ2v) is 6.58. The fourth-order valence-corrected chi connectivity index (χ4v) is 3.16. The van der Waals surface area contributed by atoms with E-state index in [9.17, 15) is 14.4 Å². The van der Waals surface area contributed by atoms with E-state index in [1.165, 1.54) is 4.90 Å². The summed E-state index contributed by atoms with van der Waals surface area (Å²) in [5.41, 5.74) is 6.77. The molecule has 2 aromatic rings. The van der Waals surface area contributed by atoms with Crippen molar-refractivity contribution in [2.24, 2.45) is 11.7 Å². The Morgan fingerprint density at radius 3 is 2.46 bits per heavy atom. The van der Waals surface area contributed by atoms with E-state index in [0.29, 0.717) is 16.8 Å². The number of anilines is 1. The van der Waals surface area contributed by atoms with Crippen LogP contribution >= 0.6 is 15.9 Å². The number of primary amides is 1. The van der Waals surface area contributed by atoms with E-state index in [1.807, 2.05) is 6.07 Å². The molecule has 24 heavy (non-hydrogen) atoms. The first-order valence-corrected chi connectivity index (χ1v) is 8.25. The maximum absolute atomic E-state index is 12.8. The lowest BCUT2D eigenvalue weighted by molar-refractivity contribution is -0.123. The van der Waals surface area contributed by atoms with Crippen molar-refractivity contribution in [2.45, 2.75) is 6.42 Å². The summed E-state index contributed by atoms with van der Waals surface area (Å²) >= 11 is 3.37. The summed E-state index contributed by atoms with van der Waals surface area (Å²) in [6, 6.07) is 14.0. The zero-order valence-electron chi connectivity index (χ0n) is 12.7. The van der Waals surface area contributed by atoms with Crippen LogP contribution in [0.25, 0.3) is 0 Å². The Labute approximate surface area is 147 Å². The second-order valence-electron chi connectivity index (χ2n) is 5.66. The third kappa shape index (κ3) is 3.10. The van der Waals surface area contributed by atoms with Crippen LogP contribution < -0.4 is 10.6 Å². The van der Waals surface area contributed by atoms with Crippen LogP contribution in [0.1, 0.15) is 22.3 Å². The van der Waals surface area contributed by atoms with Gasteiger partial charge in [0.1, 0.15) is 0 Å². The maximum atomic E-state index is 12.8. The predicted molar refractivity (Wildman–Crippen MR) is 93.7 cm³/mol. The second kappa shape index (κ2) is 6.57. The molecule has 0 saturated carbocycles. The van der Waals surface area contributed by atoms with E-state index in [1.54, 1.807) is 42.5 Å². The van der Waals surface area contributed by atoms with Gasteiger partial charge in [-0.05, 0) is 18.2 Å². The van der Waals surface area contributed by atoms with Gasteiger partial charge in [0.05, 0.1) is 11.6 Å². The van der Waals surface area contributed by atoms with Crippen molar-refractivity contribution in [1.29, 1.82) is 0 Å². The van der Waals surface area contributed by atoms with Gasteiger partial charge in [0.25, 0.3) is 0 Å². The average molecular weight is 387 g/mol. The Balaban J connectivity index is 2.02. The topological polar surface area (TPSA) is 80.5 Å². The fraction of sp³-hybridized carbons (Fsp3) is 0.167. The normalized spacial score (nSPS) is 17.1. The van der Waals surface area contributed by atoms with Crippen molar-refractivity contribution in [2.75, 3.05) is 11.4 Å². The summed E-state index contributed by atoms with van der Waals surface area (Å²) < 4.78 is 0.739. The van der Waals surface area contributed by atoms with Crippen LogP contribution in [0.15, 0.2) is 53.0 Å². The summed E-state index contributed by atoms with van der Waals surface area (Å²) in [4.78, 5) is 38.0. The fourth-order valence-electron chi connectivity index (χ4n) is 2.80. The van der Waals surface area contributed by atoms with Gasteiger partial charge in [0.2, 0.25) is 11.8 Å². The van der Waals surface area contributed by atoms with Gasteiger partial charge in [-0.1, -0.05) is 46.3 Å². The lowest BCUT2D eigenvalue weighted by atomic mass is 10.0. The number of nitrogens with zero attached hydrogens (tertiary/aromatic N) is 1. The molecule has 1 aliphatic heterocycles. The Hall–Kier alpha value is -2.47. The lowest BCUT2D eigenvalue weighted by Crippen LogP contribution is -2.29. The highest BCUT2D eigenvalue weighted by atomic mass is 79.9. The summed E-state index contributed by atoms with van der Waals surface area (Å²) in [5, 5.41) is 0. The molecule has 5 nitrogen and oxygen atoms in total. The number of hydrogen-bond donors (Lipinski definition) is 1. The predicted octanol–water partition coefficient (Wildman–Crippen LogP) is 2.52. The molecule has 6 heteroatoms. The Bertz CT molecular complexity index is 820. The van der Waals surface area contributed by atoms with E-state index >= 15 is 0 Å². The summed E-state index contributed by atoms with van der Waals surface area (Å²) in [7, 11) is 0. The molecule has 2 amide bonds. The summed E-state index contributed by atoms with van der Waals surface area (Å²) in [6.45, 7) is 0.199. The van der Waals surface area contributed by atoms with Crippen LogP contribution in [0, 0.1) is 5.92 Å². The molecule has 3 rings (SSSR count). The van der Waals surface area contributed by atoms with Gasteiger partial charge in [0, 0.05) is 28.6 Å². The van der Waals surface area contributed by atoms with Crippen LogP contribution in [-0.2, 0) is 9.59 Å². The van der Waals surface area contributed by atoms with Crippen molar-refractivity contribution < 1.29 is 14.4 Å². The molecule has 2 N–H and O–H groups in total. The molecular formula is C18H15BrN2O3. The Morgan fingerprint density at radius 2 is 1.83 bits per heavy atom. The molecule has 0 radical (unpaired) electrons. The van der Waals surface area contributed by atoms with E-state index in [-0.39, 0.29) is 24.7 Å². The Kier molecular flexibility index (Phi) is 4.49. The first-order valence-electron chi connectivity index (χ1n) is 7.46. The van der Waals surface area contributed by atoms with Crippen molar-refractivity contribution >= 4 is 39.2 Å². The standard InChI is InChI=1S/C18H15BrN2O3/c19-13-6-7-15(21-10-12(18(20)24)8-16(21)22)14(9-13)17(23)11-4-2-1-3-5-11/h1-7,9,12H,8,10H2,(H2,20,24). The molecule has 1 saturated heterocycles. The van der Waals surface area contributed by atoms with Crippen molar-refractivity contribution in [3.05, 3.63) is 64.1 Å². The molecule has 0 aliphatic carbocycles. The minimum absolute atomic E-state index is 0.0738. The smallest absolute Gasteiger partial charge is 0.227 e. The number of ketones is 1. The molecule has 2 aromatic carbocycles. The van der Waals surface area contributed by atoms with E-state index in [0.717, 1.165) is 4.47 Å². The minimum Gasteiger partial charge on any atom is -0.369 e. The van der Waals surface area contributed by atoms with Gasteiger partial charge in [-0.2, -0.15) is 0 Å². The van der Waals surface area contributed by atoms with Crippen molar-refractivity contribution in [1.82, 2.24) is 0 Å². The van der Waals surface area contributed by atoms with Crippen molar-refractivity contribution in [3.8, 4) is 0 Å². The number of hydrogen-bond acceptors (Lipinski definition) is 3. The minimum atomic E-state index is -0.527. The molecule has 1 aliphatic rings. The first kappa shape index (κ1) is 16.4. The molecule has 0 bridgehead atoms. The van der Waals surface area contributed by atoms with Gasteiger partial charge in [-0.3, -0.25) is 14.4 Å². The van der Waals surface area contributed by atoms with Gasteiger partial charge in [-0.15, -0.1) is 0 Å². The highest BCUT2D eigenvalue weighted by Crippen LogP contribution is 2.31. The van der Waals surface area contributed by atoms with Gasteiger partial charge in [0.15, 0.2) is 5.78 Å². The zero-order valence-corrected chi connectivity index (χ0v) is 14.3. The summed E-state index contributed by atoms with van der Waals surface area (Å²) in [5.74, 6) is -1.41. The highest BCUT2D eigenvalue weighted by Gasteiger charge is 2.35. The SMILES string of the molecule is NC(=O)C1CC(=O)N(c2ccc(Br)cc2C(=O)c2ccccc2)C1. The van der Waals surface area contributed by atoms with Crippen LogP contribution in [0.3, 0.4) is 0 Å². The molecular weight excluding hydrogens is 372 g/mol. The molecule has 1 unspecified atom stereocenters. The number of benzene rings is 2. The van der Waals surface area contributed by atoms with Gasteiger partial charge >= 0.3 is 0 Å². The van der Waals surface area contributed by atoms with E-state index < -0.39 is 11.8 Å². The number of nitrogens with two attached hydrogens (primary N) is 1. The highest BCUT2D eigenvalue weighted by molar-refractivity contribution is 9.10. The van der Waals surface area contributed by atoms with Crippen LogP contribution in [-0.4, -0.2) is 24.1 Å². The third-order valence-electron chi connectivity index (χ3n) is 4.06. The number of carbonyl (C=O) groups is 3. The number of rotatable bonds is 4. The number of amides is 2. The largest absolute Gasteiger partial charge is 0.369 e. The molecule has 122 valence electrons. The third-order valence-corrected chi connectivity index (χ3v) is 4.55. The molecule has 1 fully saturated rings. The maximum Gasteiger partial charge on any atom is 0.227 e. The molecule has 0 spiro atoms. The monoisotopic (exact) mass is 386 g/mol. The van der Waals surface area contributed by atoms with Gasteiger partial charge < -0.3 is 10.6 Å². The molecule has 0 aromatic heterocycles. The molecule has 1 heterocycles. The van der Waals surface area contributed by atoms with E-state index in [2.05, 4.69) is 15.9 Å². The van der Waals surface area contributed by atoms with Crippen LogP contribution in [0.5, 0.6) is 0 Å². The number of carbonyl (C=O) groups excluding carboxylic acids is 3. The van der Waals surface area contributed by atoms with E-state index in [4.69, 9.17) is 5.73 Å². The average Bonchev–Trinajstić information content (AvgIpc) is 2.97.